The summed E-state index contributed by atoms with van der Waals surface area (Å²) in [6, 6.07) is 7.42. The van der Waals surface area contributed by atoms with E-state index in [9.17, 15) is 13.2 Å². The van der Waals surface area contributed by atoms with Gasteiger partial charge >= 0.3 is 0 Å². The number of piperidine rings is 1. The van der Waals surface area contributed by atoms with Crippen molar-refractivity contribution in [2.24, 2.45) is 5.16 Å². The third kappa shape index (κ3) is 4.56. The number of hydrogen-bond donors (Lipinski definition) is 0. The predicted octanol–water partition coefficient (Wildman–Crippen LogP) is 5.72. The van der Waals surface area contributed by atoms with Gasteiger partial charge in [-0.2, -0.15) is 0 Å². The zero-order valence-corrected chi connectivity index (χ0v) is 21.8. The van der Waals surface area contributed by atoms with Gasteiger partial charge in [0.2, 0.25) is 0 Å². The summed E-state index contributed by atoms with van der Waals surface area (Å²) < 4.78 is 56.0. The van der Waals surface area contributed by atoms with E-state index in [0.717, 1.165) is 47.5 Å². The molecule has 0 radical (unpaired) electrons. The van der Waals surface area contributed by atoms with Gasteiger partial charge < -0.3 is 23.8 Å². The molecule has 10 heteroatoms. The van der Waals surface area contributed by atoms with Gasteiger partial charge in [0.15, 0.2) is 28.9 Å². The van der Waals surface area contributed by atoms with E-state index in [0.29, 0.717) is 43.1 Å². The number of ether oxygens (including phenoxy) is 2. The van der Waals surface area contributed by atoms with Crippen molar-refractivity contribution in [3.8, 4) is 11.4 Å². The molecule has 3 aliphatic rings. The molecule has 7 nitrogen and oxygen atoms in total. The van der Waals surface area contributed by atoms with Crippen LogP contribution in [0.4, 0.5) is 13.2 Å². The van der Waals surface area contributed by atoms with Gasteiger partial charge in [0.1, 0.15) is 11.8 Å². The molecule has 0 amide bonds. The summed E-state index contributed by atoms with van der Waals surface area (Å²) in [7, 11) is 1.62. The van der Waals surface area contributed by atoms with Gasteiger partial charge in [-0.05, 0) is 79.6 Å². The number of benzene rings is 2. The van der Waals surface area contributed by atoms with Crippen LogP contribution in [0.2, 0.25) is 0 Å². The number of hydrogen-bond acceptors (Lipinski definition) is 6. The average molecular weight is 539 g/mol. The molecule has 0 bridgehead atoms. The average Bonchev–Trinajstić information content (AvgIpc) is 3.37. The van der Waals surface area contributed by atoms with Crippen molar-refractivity contribution in [1.82, 2.24) is 14.5 Å². The van der Waals surface area contributed by atoms with E-state index >= 15 is 0 Å². The third-order valence-electron chi connectivity index (χ3n) is 7.62. The van der Waals surface area contributed by atoms with Crippen LogP contribution in [0, 0.1) is 24.4 Å². The molecule has 0 aliphatic carbocycles. The molecule has 2 fully saturated rings. The number of halogens is 3. The molecule has 3 aliphatic heterocycles. The number of amidine groups is 1. The van der Waals surface area contributed by atoms with Crippen LogP contribution >= 0.6 is 0 Å². The highest BCUT2D eigenvalue weighted by atomic mass is 19.2. The normalized spacial score (nSPS) is 23.9. The van der Waals surface area contributed by atoms with Gasteiger partial charge in [-0.1, -0.05) is 11.2 Å². The van der Waals surface area contributed by atoms with Crippen molar-refractivity contribution in [1.29, 1.82) is 0 Å². The third-order valence-corrected chi connectivity index (χ3v) is 7.62. The van der Waals surface area contributed by atoms with Crippen molar-refractivity contribution in [3.63, 3.8) is 0 Å². The predicted molar refractivity (Wildman–Crippen MR) is 139 cm³/mol. The number of aryl methyl sites for hydroxylation is 1. The minimum atomic E-state index is -1.49. The first-order chi connectivity index (χ1) is 18.9. The second-order valence-corrected chi connectivity index (χ2v) is 10.2. The summed E-state index contributed by atoms with van der Waals surface area (Å²) in [6.07, 6.45) is 8.54. The minimum Gasteiger partial charge on any atom is -0.495 e. The lowest BCUT2D eigenvalue weighted by Gasteiger charge is -2.51. The number of methoxy groups -OCH3 is 1. The van der Waals surface area contributed by atoms with E-state index in [1.165, 1.54) is 0 Å². The lowest BCUT2D eigenvalue weighted by molar-refractivity contribution is -0.174. The Hall–Kier alpha value is -3.79. The molecule has 0 N–H and O–H groups in total. The highest BCUT2D eigenvalue weighted by Crippen LogP contribution is 2.46. The molecule has 4 heterocycles. The Morgan fingerprint density at radius 3 is 2.64 bits per heavy atom. The maximum atomic E-state index is 14.4. The fourth-order valence-electron chi connectivity index (χ4n) is 5.86. The first kappa shape index (κ1) is 25.5. The second-order valence-electron chi connectivity index (χ2n) is 10.2. The SMILES string of the molecule is COc1cc(C=C2CCCN3C2=NOC2(CCCOC2)C3c2cc(F)c(F)c(F)c2)ccc1-n1cnc(C)c1. The molecule has 6 rings (SSSR count). The van der Waals surface area contributed by atoms with E-state index in [2.05, 4.69) is 10.1 Å². The van der Waals surface area contributed by atoms with Crippen LogP contribution in [-0.4, -0.2) is 52.8 Å². The second kappa shape index (κ2) is 10.1. The molecule has 2 unspecified atom stereocenters. The van der Waals surface area contributed by atoms with Gasteiger partial charge in [-0.25, -0.2) is 18.2 Å². The Kier molecular flexibility index (Phi) is 6.58. The highest BCUT2D eigenvalue weighted by molar-refractivity contribution is 6.03. The molecule has 1 spiro atoms. The van der Waals surface area contributed by atoms with Gasteiger partial charge in [-0.3, -0.25) is 0 Å². The zero-order chi connectivity index (χ0) is 27.1. The maximum Gasteiger partial charge on any atom is 0.194 e. The van der Waals surface area contributed by atoms with Crippen molar-refractivity contribution < 1.29 is 27.5 Å². The van der Waals surface area contributed by atoms with E-state index in [4.69, 9.17) is 14.3 Å². The molecule has 0 saturated carbocycles. The van der Waals surface area contributed by atoms with E-state index in [1.54, 1.807) is 13.4 Å². The Bertz CT molecular complexity index is 1440. The zero-order valence-electron chi connectivity index (χ0n) is 21.8. The molecule has 1 aromatic heterocycles. The number of nitrogens with zero attached hydrogens (tertiary/aromatic N) is 4. The van der Waals surface area contributed by atoms with Crippen LogP contribution in [0.25, 0.3) is 11.8 Å². The maximum absolute atomic E-state index is 14.4. The van der Waals surface area contributed by atoms with Gasteiger partial charge in [0.05, 0.1) is 31.4 Å². The van der Waals surface area contributed by atoms with Crippen LogP contribution in [-0.2, 0) is 9.57 Å². The molecular weight excluding hydrogens is 509 g/mol. The Labute approximate surface area is 224 Å². The quantitative estimate of drug-likeness (QED) is 0.398. The first-order valence-electron chi connectivity index (χ1n) is 13.0. The summed E-state index contributed by atoms with van der Waals surface area (Å²) in [5, 5.41) is 4.54. The largest absolute Gasteiger partial charge is 0.495 e. The summed E-state index contributed by atoms with van der Waals surface area (Å²) >= 11 is 0. The van der Waals surface area contributed by atoms with E-state index in [1.807, 2.05) is 46.9 Å². The number of aromatic nitrogens is 2. The highest BCUT2D eigenvalue weighted by Gasteiger charge is 2.52. The van der Waals surface area contributed by atoms with Gasteiger partial charge in [0.25, 0.3) is 0 Å². The van der Waals surface area contributed by atoms with Crippen LogP contribution < -0.4 is 4.74 Å². The molecule has 204 valence electrons. The number of oxime groups is 1. The number of rotatable bonds is 4. The first-order valence-corrected chi connectivity index (χ1v) is 13.0. The van der Waals surface area contributed by atoms with Gasteiger partial charge in [0, 0.05) is 19.3 Å². The number of fused-ring (bicyclic) bond motifs is 1. The summed E-state index contributed by atoms with van der Waals surface area (Å²) in [5.74, 6) is -2.66. The Balaban J connectivity index is 1.39. The smallest absolute Gasteiger partial charge is 0.194 e. The molecule has 3 aromatic rings. The van der Waals surface area contributed by atoms with Crippen LogP contribution in [0.3, 0.4) is 0 Å². The summed E-state index contributed by atoms with van der Waals surface area (Å²) in [4.78, 5) is 12.5. The Morgan fingerprint density at radius 1 is 1.13 bits per heavy atom. The molecule has 39 heavy (non-hydrogen) atoms. The summed E-state index contributed by atoms with van der Waals surface area (Å²) in [5.41, 5.74) is 2.96. The standard InChI is InChI=1S/C29H29F3N4O3/c1-18-15-35(17-33-18)24-7-6-19(12-25(24)37-2)11-20-5-3-9-36-27(21-13-22(30)26(32)23(31)14-21)29(39-34-28(20)36)8-4-10-38-16-29/h6-7,11-15,17,27H,3-5,8-10,16H2,1-2H3. The van der Waals surface area contributed by atoms with Crippen LogP contribution in [0.1, 0.15) is 48.5 Å². The number of imidazole rings is 1. The molecular formula is C29H29F3N4O3. The minimum absolute atomic E-state index is 0.219. The topological polar surface area (TPSA) is 61.1 Å². The summed E-state index contributed by atoms with van der Waals surface area (Å²) in [6.45, 7) is 3.32. The van der Waals surface area contributed by atoms with Crippen LogP contribution in [0.5, 0.6) is 5.75 Å². The van der Waals surface area contributed by atoms with Crippen molar-refractivity contribution in [3.05, 3.63) is 82.7 Å². The monoisotopic (exact) mass is 538 g/mol. The Morgan fingerprint density at radius 2 is 1.95 bits per heavy atom. The van der Waals surface area contributed by atoms with Crippen LogP contribution in [0.15, 0.2) is 53.6 Å². The van der Waals surface area contributed by atoms with E-state index < -0.39 is 29.1 Å². The van der Waals surface area contributed by atoms with Crippen molar-refractivity contribution in [2.75, 3.05) is 26.9 Å². The molecule has 2 aromatic carbocycles. The lowest BCUT2D eigenvalue weighted by Crippen LogP contribution is -2.58. The fourth-order valence-corrected chi connectivity index (χ4v) is 5.86. The van der Waals surface area contributed by atoms with E-state index in [-0.39, 0.29) is 6.61 Å². The van der Waals surface area contributed by atoms with Crippen molar-refractivity contribution in [2.45, 2.75) is 44.2 Å². The van der Waals surface area contributed by atoms with Crippen molar-refractivity contribution >= 4 is 11.9 Å². The molecule has 2 atom stereocenters. The fraction of sp³-hybridized carbons (Fsp3) is 0.379. The molecule has 2 saturated heterocycles. The lowest BCUT2D eigenvalue weighted by atomic mass is 9.81. The van der Waals surface area contributed by atoms with Gasteiger partial charge in [-0.15, -0.1) is 0 Å².